The molecule has 3 nitrogen and oxygen atoms in total. The van der Waals surface area contributed by atoms with Gasteiger partial charge in [0.2, 0.25) is 0 Å². The number of likely N-dealkylation sites (tertiary alicyclic amines) is 1. The zero-order valence-corrected chi connectivity index (χ0v) is 14.1. The van der Waals surface area contributed by atoms with Gasteiger partial charge < -0.3 is 15.0 Å². The second-order valence-electron chi connectivity index (χ2n) is 8.32. The van der Waals surface area contributed by atoms with Crippen LogP contribution in [0.2, 0.25) is 0 Å². The molecular formula is C18H34N2O. The van der Waals surface area contributed by atoms with Crippen LogP contribution in [0.5, 0.6) is 0 Å². The number of hydrogen-bond donors (Lipinski definition) is 1. The van der Waals surface area contributed by atoms with Crippen LogP contribution in [0, 0.1) is 10.8 Å². The first-order valence-corrected chi connectivity index (χ1v) is 9.15. The van der Waals surface area contributed by atoms with Crippen molar-refractivity contribution in [3.8, 4) is 0 Å². The number of nitrogens with zero attached hydrogens (tertiary/aromatic N) is 1. The first kappa shape index (κ1) is 15.8. The van der Waals surface area contributed by atoms with Gasteiger partial charge in [-0.05, 0) is 50.6 Å². The largest absolute Gasteiger partial charge is 0.381 e. The predicted octanol–water partition coefficient (Wildman–Crippen LogP) is 3.05. The Kier molecular flexibility index (Phi) is 4.92. The van der Waals surface area contributed by atoms with Crippen LogP contribution in [0.3, 0.4) is 0 Å². The third-order valence-electron chi connectivity index (χ3n) is 6.21. The minimum atomic E-state index is 0.366. The minimum absolute atomic E-state index is 0.366. The van der Waals surface area contributed by atoms with Crippen molar-refractivity contribution < 1.29 is 4.74 Å². The van der Waals surface area contributed by atoms with Crippen molar-refractivity contribution in [2.24, 2.45) is 10.8 Å². The van der Waals surface area contributed by atoms with E-state index in [0.29, 0.717) is 11.5 Å². The summed E-state index contributed by atoms with van der Waals surface area (Å²) in [6, 6.07) is 0.575. The monoisotopic (exact) mass is 294 g/mol. The molecule has 0 radical (unpaired) electrons. The van der Waals surface area contributed by atoms with E-state index in [9.17, 15) is 0 Å². The summed E-state index contributed by atoms with van der Waals surface area (Å²) in [4.78, 5) is 2.74. The lowest BCUT2D eigenvalue weighted by atomic mass is 9.76. The molecule has 3 fully saturated rings. The van der Waals surface area contributed by atoms with Crippen LogP contribution in [0.25, 0.3) is 0 Å². The standard InChI is InChI=1S/C18H34N2O/c1-16(2)19-13-18(9-12-21-15-18)14-20-10-7-17(8-11-20)5-3-4-6-17/h16,19H,3-15H2,1-2H3. The van der Waals surface area contributed by atoms with E-state index in [1.165, 1.54) is 64.6 Å². The van der Waals surface area contributed by atoms with Gasteiger partial charge in [-0.3, -0.25) is 0 Å². The van der Waals surface area contributed by atoms with Gasteiger partial charge in [0, 0.05) is 31.2 Å². The summed E-state index contributed by atoms with van der Waals surface area (Å²) in [6.07, 6.45) is 10.1. The van der Waals surface area contributed by atoms with E-state index in [4.69, 9.17) is 4.74 Å². The van der Waals surface area contributed by atoms with E-state index in [1.54, 1.807) is 0 Å². The normalized spacial score (nSPS) is 33.3. The smallest absolute Gasteiger partial charge is 0.0547 e. The highest BCUT2D eigenvalue weighted by molar-refractivity contribution is 4.94. The van der Waals surface area contributed by atoms with Gasteiger partial charge in [-0.1, -0.05) is 26.7 Å². The number of nitrogens with one attached hydrogen (secondary N) is 1. The molecule has 21 heavy (non-hydrogen) atoms. The Morgan fingerprint density at radius 2 is 1.76 bits per heavy atom. The van der Waals surface area contributed by atoms with E-state index >= 15 is 0 Å². The molecule has 1 saturated carbocycles. The van der Waals surface area contributed by atoms with Crippen LogP contribution in [0.1, 0.15) is 58.8 Å². The van der Waals surface area contributed by atoms with Crippen molar-refractivity contribution in [3.05, 3.63) is 0 Å². The zero-order chi connectivity index (χ0) is 14.8. The van der Waals surface area contributed by atoms with Crippen LogP contribution in [0.4, 0.5) is 0 Å². The topological polar surface area (TPSA) is 24.5 Å². The molecule has 0 bridgehead atoms. The summed E-state index contributed by atoms with van der Waals surface area (Å²) in [5.41, 5.74) is 1.11. The third kappa shape index (κ3) is 3.80. The maximum atomic E-state index is 5.76. The molecule has 3 rings (SSSR count). The molecule has 1 atom stereocenters. The summed E-state index contributed by atoms with van der Waals surface area (Å²) in [7, 11) is 0. The van der Waals surface area contributed by atoms with Gasteiger partial charge in [-0.2, -0.15) is 0 Å². The molecule has 2 aliphatic heterocycles. The van der Waals surface area contributed by atoms with Gasteiger partial charge in [0.1, 0.15) is 0 Å². The summed E-state index contributed by atoms with van der Waals surface area (Å²) in [6.45, 7) is 11.4. The Bertz CT molecular complexity index is 320. The quantitative estimate of drug-likeness (QED) is 0.843. The highest BCUT2D eigenvalue weighted by Gasteiger charge is 2.41. The average Bonchev–Trinajstić information content (AvgIpc) is 3.10. The molecule has 0 aromatic heterocycles. The fourth-order valence-corrected chi connectivity index (χ4v) is 4.67. The molecule has 1 aliphatic carbocycles. The number of ether oxygens (including phenoxy) is 1. The Morgan fingerprint density at radius 1 is 1.05 bits per heavy atom. The second-order valence-corrected chi connectivity index (χ2v) is 8.32. The van der Waals surface area contributed by atoms with Crippen molar-refractivity contribution in [1.82, 2.24) is 10.2 Å². The fourth-order valence-electron chi connectivity index (χ4n) is 4.67. The van der Waals surface area contributed by atoms with Crippen LogP contribution >= 0.6 is 0 Å². The molecule has 0 aromatic rings. The summed E-state index contributed by atoms with van der Waals surface area (Å²) in [5.74, 6) is 0. The van der Waals surface area contributed by atoms with Crippen LogP contribution in [-0.2, 0) is 4.74 Å². The van der Waals surface area contributed by atoms with Gasteiger partial charge in [-0.15, -0.1) is 0 Å². The van der Waals surface area contributed by atoms with E-state index < -0.39 is 0 Å². The Balaban J connectivity index is 1.52. The average molecular weight is 294 g/mol. The maximum absolute atomic E-state index is 5.76. The van der Waals surface area contributed by atoms with Crippen molar-refractivity contribution in [2.45, 2.75) is 64.8 Å². The lowest BCUT2D eigenvalue weighted by Crippen LogP contribution is -2.49. The fraction of sp³-hybridized carbons (Fsp3) is 1.00. The first-order valence-electron chi connectivity index (χ1n) is 9.15. The van der Waals surface area contributed by atoms with Crippen molar-refractivity contribution in [1.29, 1.82) is 0 Å². The van der Waals surface area contributed by atoms with Crippen LogP contribution in [-0.4, -0.2) is 50.3 Å². The molecule has 1 spiro atoms. The SMILES string of the molecule is CC(C)NCC1(CN2CCC3(CCCC3)CC2)CCOC1. The van der Waals surface area contributed by atoms with E-state index in [1.807, 2.05) is 0 Å². The van der Waals surface area contributed by atoms with Gasteiger partial charge in [0.05, 0.1) is 6.61 Å². The lowest BCUT2D eigenvalue weighted by molar-refractivity contribution is 0.0577. The van der Waals surface area contributed by atoms with Crippen molar-refractivity contribution in [3.63, 3.8) is 0 Å². The Morgan fingerprint density at radius 3 is 2.33 bits per heavy atom. The van der Waals surface area contributed by atoms with E-state index in [2.05, 4.69) is 24.1 Å². The second kappa shape index (κ2) is 6.55. The zero-order valence-electron chi connectivity index (χ0n) is 14.1. The molecule has 2 saturated heterocycles. The van der Waals surface area contributed by atoms with E-state index in [0.717, 1.165) is 25.2 Å². The molecule has 122 valence electrons. The molecule has 3 aliphatic rings. The third-order valence-corrected chi connectivity index (χ3v) is 6.21. The first-order chi connectivity index (χ1) is 10.1. The summed E-state index contributed by atoms with van der Waals surface area (Å²) < 4.78 is 5.76. The molecule has 2 heterocycles. The summed E-state index contributed by atoms with van der Waals surface area (Å²) >= 11 is 0. The summed E-state index contributed by atoms with van der Waals surface area (Å²) in [5, 5.41) is 3.66. The number of piperidine rings is 1. The van der Waals surface area contributed by atoms with Crippen molar-refractivity contribution in [2.75, 3.05) is 39.4 Å². The van der Waals surface area contributed by atoms with Crippen LogP contribution < -0.4 is 5.32 Å². The number of rotatable bonds is 5. The lowest BCUT2D eigenvalue weighted by Gasteiger charge is -2.43. The Hall–Kier alpha value is -0.120. The highest BCUT2D eigenvalue weighted by Crippen LogP contribution is 2.46. The van der Waals surface area contributed by atoms with Gasteiger partial charge in [0.15, 0.2) is 0 Å². The molecule has 0 amide bonds. The van der Waals surface area contributed by atoms with Crippen LogP contribution in [0.15, 0.2) is 0 Å². The molecule has 3 heteroatoms. The maximum Gasteiger partial charge on any atom is 0.0547 e. The van der Waals surface area contributed by atoms with Gasteiger partial charge in [0.25, 0.3) is 0 Å². The highest BCUT2D eigenvalue weighted by atomic mass is 16.5. The number of hydrogen-bond acceptors (Lipinski definition) is 3. The molecule has 0 aromatic carbocycles. The van der Waals surface area contributed by atoms with E-state index in [-0.39, 0.29) is 0 Å². The van der Waals surface area contributed by atoms with Gasteiger partial charge >= 0.3 is 0 Å². The molecule has 1 N–H and O–H groups in total. The predicted molar refractivity (Wildman–Crippen MR) is 87.6 cm³/mol. The van der Waals surface area contributed by atoms with Gasteiger partial charge in [-0.25, -0.2) is 0 Å². The molecular weight excluding hydrogens is 260 g/mol. The molecule has 1 unspecified atom stereocenters. The van der Waals surface area contributed by atoms with Crippen molar-refractivity contribution >= 4 is 0 Å². The Labute approximate surface area is 130 Å². The minimum Gasteiger partial charge on any atom is -0.381 e.